The van der Waals surface area contributed by atoms with Crippen molar-refractivity contribution in [2.24, 2.45) is 5.92 Å². The maximum absolute atomic E-state index is 4.40. The van der Waals surface area contributed by atoms with E-state index in [0.717, 1.165) is 30.4 Å². The predicted octanol–water partition coefficient (Wildman–Crippen LogP) is 1.72. The minimum Gasteiger partial charge on any atom is -0.311 e. The van der Waals surface area contributed by atoms with E-state index < -0.39 is 0 Å². The number of hydrogen-bond acceptors (Lipinski definition) is 4. The van der Waals surface area contributed by atoms with Crippen LogP contribution in [0, 0.1) is 12.8 Å². The molecule has 0 radical (unpaired) electrons. The van der Waals surface area contributed by atoms with E-state index in [4.69, 9.17) is 0 Å². The number of aryl methyl sites for hydroxylation is 1. The molecule has 0 amide bonds. The fourth-order valence-corrected chi connectivity index (χ4v) is 1.67. The topological polar surface area (TPSA) is 55.6 Å². The van der Waals surface area contributed by atoms with Gasteiger partial charge in [-0.1, -0.05) is 13.8 Å². The van der Waals surface area contributed by atoms with Gasteiger partial charge >= 0.3 is 0 Å². The Hall–Kier alpha value is -1.75. The molecule has 0 spiro atoms. The van der Waals surface area contributed by atoms with Crippen LogP contribution in [0.25, 0.3) is 5.82 Å². The Balaban J connectivity index is 2.00. The maximum Gasteiger partial charge on any atom is 0.156 e. The fraction of sp³-hybridized carbons (Fsp3) is 0.462. The molecule has 0 fully saturated rings. The Bertz CT molecular complexity index is 486. The van der Waals surface area contributed by atoms with Gasteiger partial charge in [-0.25, -0.2) is 9.97 Å². The van der Waals surface area contributed by atoms with Gasteiger partial charge in [0.25, 0.3) is 0 Å². The summed E-state index contributed by atoms with van der Waals surface area (Å²) in [6, 6.07) is 0. The lowest BCUT2D eigenvalue weighted by molar-refractivity contribution is 0.547. The van der Waals surface area contributed by atoms with Crippen molar-refractivity contribution in [1.82, 2.24) is 24.8 Å². The van der Waals surface area contributed by atoms with Crippen LogP contribution < -0.4 is 5.32 Å². The highest BCUT2D eigenvalue weighted by Crippen LogP contribution is 2.05. The molecule has 2 heterocycles. The normalized spacial score (nSPS) is 11.1. The van der Waals surface area contributed by atoms with E-state index in [-0.39, 0.29) is 0 Å². The third kappa shape index (κ3) is 3.13. The number of nitrogens with zero attached hydrogens (tertiary/aromatic N) is 4. The number of nitrogens with one attached hydrogen (secondary N) is 1. The Morgan fingerprint density at radius 2 is 2.06 bits per heavy atom. The van der Waals surface area contributed by atoms with Crippen LogP contribution in [0.2, 0.25) is 0 Å². The van der Waals surface area contributed by atoms with Gasteiger partial charge in [-0.15, -0.1) is 0 Å². The average Bonchev–Trinajstić information content (AvgIpc) is 2.76. The summed E-state index contributed by atoms with van der Waals surface area (Å²) in [6.07, 6.45) is 7.23. The van der Waals surface area contributed by atoms with Crippen molar-refractivity contribution < 1.29 is 0 Å². The molecule has 0 bridgehead atoms. The lowest BCUT2D eigenvalue weighted by Gasteiger charge is -2.07. The number of aromatic nitrogens is 4. The maximum atomic E-state index is 4.40. The first-order valence-electron chi connectivity index (χ1n) is 6.19. The van der Waals surface area contributed by atoms with Gasteiger partial charge in [0.2, 0.25) is 0 Å². The predicted molar refractivity (Wildman–Crippen MR) is 70.4 cm³/mol. The Morgan fingerprint density at radius 1 is 1.22 bits per heavy atom. The minimum atomic E-state index is 0.644. The molecule has 0 aromatic carbocycles. The monoisotopic (exact) mass is 245 g/mol. The van der Waals surface area contributed by atoms with Gasteiger partial charge < -0.3 is 5.32 Å². The minimum absolute atomic E-state index is 0.644. The zero-order chi connectivity index (χ0) is 13.0. The smallest absolute Gasteiger partial charge is 0.156 e. The highest BCUT2D eigenvalue weighted by Gasteiger charge is 2.03. The van der Waals surface area contributed by atoms with Crippen molar-refractivity contribution in [1.29, 1.82) is 0 Å². The average molecular weight is 245 g/mol. The molecule has 2 aromatic heterocycles. The molecule has 0 aliphatic rings. The van der Waals surface area contributed by atoms with Gasteiger partial charge in [0, 0.05) is 18.9 Å². The van der Waals surface area contributed by atoms with Crippen LogP contribution in [-0.4, -0.2) is 26.1 Å². The molecule has 2 aromatic rings. The van der Waals surface area contributed by atoms with Crippen molar-refractivity contribution >= 4 is 0 Å². The summed E-state index contributed by atoms with van der Waals surface area (Å²) in [4.78, 5) is 13.0. The quantitative estimate of drug-likeness (QED) is 0.871. The van der Waals surface area contributed by atoms with Crippen molar-refractivity contribution in [3.05, 3.63) is 36.3 Å². The first-order valence-corrected chi connectivity index (χ1v) is 6.19. The van der Waals surface area contributed by atoms with Crippen LogP contribution in [0.4, 0.5) is 0 Å². The van der Waals surface area contributed by atoms with Gasteiger partial charge in [0.1, 0.15) is 5.82 Å². The van der Waals surface area contributed by atoms with Gasteiger partial charge in [0.05, 0.1) is 18.1 Å². The first-order chi connectivity index (χ1) is 8.66. The molecule has 5 heteroatoms. The lowest BCUT2D eigenvalue weighted by atomic mass is 10.2. The van der Waals surface area contributed by atoms with Crippen LogP contribution in [0.1, 0.15) is 25.4 Å². The van der Waals surface area contributed by atoms with Crippen molar-refractivity contribution in [3.63, 3.8) is 0 Å². The second-order valence-corrected chi connectivity index (χ2v) is 4.74. The molecule has 0 saturated heterocycles. The van der Waals surface area contributed by atoms with E-state index in [1.54, 1.807) is 12.4 Å². The summed E-state index contributed by atoms with van der Waals surface area (Å²) in [7, 11) is 0. The van der Waals surface area contributed by atoms with Crippen LogP contribution in [0.5, 0.6) is 0 Å². The zero-order valence-electron chi connectivity index (χ0n) is 11.1. The molecule has 2 rings (SSSR count). The molecule has 96 valence electrons. The van der Waals surface area contributed by atoms with Crippen LogP contribution in [0.3, 0.4) is 0 Å². The van der Waals surface area contributed by atoms with Gasteiger partial charge in [0.15, 0.2) is 5.82 Å². The second kappa shape index (κ2) is 5.73. The molecule has 0 aliphatic carbocycles. The molecule has 0 aliphatic heterocycles. The van der Waals surface area contributed by atoms with Crippen molar-refractivity contribution in [2.45, 2.75) is 27.3 Å². The molecule has 5 nitrogen and oxygen atoms in total. The van der Waals surface area contributed by atoms with Crippen LogP contribution in [-0.2, 0) is 6.54 Å². The second-order valence-electron chi connectivity index (χ2n) is 4.74. The Kier molecular flexibility index (Phi) is 4.04. The summed E-state index contributed by atoms with van der Waals surface area (Å²) in [6.45, 7) is 8.06. The number of imidazole rings is 1. The van der Waals surface area contributed by atoms with Crippen LogP contribution in [0.15, 0.2) is 24.8 Å². The number of rotatable bonds is 5. The van der Waals surface area contributed by atoms with Gasteiger partial charge in [-0.3, -0.25) is 9.55 Å². The van der Waals surface area contributed by atoms with Crippen LogP contribution >= 0.6 is 0 Å². The molecule has 1 N–H and O–H groups in total. The molecule has 0 saturated carbocycles. The molecule has 0 unspecified atom stereocenters. The molecule has 18 heavy (non-hydrogen) atoms. The zero-order valence-corrected chi connectivity index (χ0v) is 11.1. The largest absolute Gasteiger partial charge is 0.311 e. The molecule has 0 atom stereocenters. The SMILES string of the molecule is Cc1nccn1-c1cnc(CNCC(C)C)cn1. The fourth-order valence-electron chi connectivity index (χ4n) is 1.67. The Morgan fingerprint density at radius 3 is 2.61 bits per heavy atom. The van der Waals surface area contributed by atoms with E-state index in [1.165, 1.54) is 0 Å². The van der Waals surface area contributed by atoms with E-state index >= 15 is 0 Å². The van der Waals surface area contributed by atoms with E-state index in [2.05, 4.69) is 34.1 Å². The van der Waals surface area contributed by atoms with E-state index in [9.17, 15) is 0 Å². The summed E-state index contributed by atoms with van der Waals surface area (Å²) >= 11 is 0. The van der Waals surface area contributed by atoms with E-state index in [0.29, 0.717) is 5.92 Å². The summed E-state index contributed by atoms with van der Waals surface area (Å²) in [5.41, 5.74) is 0.956. The standard InChI is InChI=1S/C13H19N5/c1-10(2)6-14-7-12-8-17-13(9-16-12)18-5-4-15-11(18)3/h4-5,8-10,14H,6-7H2,1-3H3. The molecular weight excluding hydrogens is 226 g/mol. The highest BCUT2D eigenvalue weighted by molar-refractivity contribution is 5.21. The highest BCUT2D eigenvalue weighted by atomic mass is 15.1. The van der Waals surface area contributed by atoms with Gasteiger partial charge in [-0.05, 0) is 19.4 Å². The third-order valence-corrected chi connectivity index (χ3v) is 2.62. The summed E-state index contributed by atoms with van der Waals surface area (Å²) in [5.74, 6) is 2.36. The van der Waals surface area contributed by atoms with Gasteiger partial charge in [-0.2, -0.15) is 0 Å². The summed E-state index contributed by atoms with van der Waals surface area (Å²) < 4.78 is 1.92. The van der Waals surface area contributed by atoms with E-state index in [1.807, 2.05) is 23.9 Å². The molecular formula is C13H19N5. The van der Waals surface area contributed by atoms with Crippen molar-refractivity contribution in [3.8, 4) is 5.82 Å². The summed E-state index contributed by atoms with van der Waals surface area (Å²) in [5, 5.41) is 3.35. The Labute approximate surface area is 107 Å². The van der Waals surface area contributed by atoms with Crippen molar-refractivity contribution in [2.75, 3.05) is 6.54 Å². The third-order valence-electron chi connectivity index (χ3n) is 2.62. The number of hydrogen-bond donors (Lipinski definition) is 1. The first kappa shape index (κ1) is 12.7. The lowest BCUT2D eigenvalue weighted by Crippen LogP contribution is -2.19.